The standard InChI is InChI=1S/C16H26N2O/c1-11(16(3,4)5)9-15(19)18-12(2)13-7-6-8-14(17)10-13/h6-8,10-12H,9,17H2,1-5H3,(H,18,19). The molecule has 0 radical (unpaired) electrons. The lowest BCUT2D eigenvalue weighted by atomic mass is 9.80. The number of carbonyl (C=O) groups excluding carboxylic acids is 1. The van der Waals surface area contributed by atoms with E-state index < -0.39 is 0 Å². The first kappa shape index (κ1) is 15.5. The number of rotatable bonds is 4. The van der Waals surface area contributed by atoms with Gasteiger partial charge in [0.2, 0.25) is 5.91 Å². The molecule has 19 heavy (non-hydrogen) atoms. The second-order valence-electron chi connectivity index (χ2n) is 6.43. The summed E-state index contributed by atoms with van der Waals surface area (Å²) in [5, 5.41) is 3.03. The molecule has 1 amide bonds. The molecule has 0 spiro atoms. The highest BCUT2D eigenvalue weighted by molar-refractivity contribution is 5.76. The quantitative estimate of drug-likeness (QED) is 0.816. The van der Waals surface area contributed by atoms with Crippen LogP contribution in [0.25, 0.3) is 0 Å². The van der Waals surface area contributed by atoms with Crippen molar-refractivity contribution in [3.05, 3.63) is 29.8 Å². The van der Waals surface area contributed by atoms with Crippen molar-refractivity contribution in [2.24, 2.45) is 11.3 Å². The molecule has 106 valence electrons. The van der Waals surface area contributed by atoms with E-state index >= 15 is 0 Å². The van der Waals surface area contributed by atoms with Crippen LogP contribution in [0.5, 0.6) is 0 Å². The molecule has 0 saturated heterocycles. The van der Waals surface area contributed by atoms with E-state index in [1.165, 1.54) is 0 Å². The van der Waals surface area contributed by atoms with Crippen LogP contribution in [0.4, 0.5) is 5.69 Å². The van der Waals surface area contributed by atoms with Gasteiger partial charge in [-0.05, 0) is 36.0 Å². The predicted octanol–water partition coefficient (Wildman–Crippen LogP) is 3.52. The van der Waals surface area contributed by atoms with E-state index in [4.69, 9.17) is 5.73 Å². The first-order valence-corrected chi connectivity index (χ1v) is 6.85. The molecule has 3 heteroatoms. The number of hydrogen-bond acceptors (Lipinski definition) is 2. The Labute approximate surface area is 116 Å². The van der Waals surface area contributed by atoms with Crippen molar-refractivity contribution < 1.29 is 4.79 Å². The van der Waals surface area contributed by atoms with Gasteiger partial charge in [0.1, 0.15) is 0 Å². The van der Waals surface area contributed by atoms with Crippen molar-refractivity contribution in [2.45, 2.75) is 47.1 Å². The van der Waals surface area contributed by atoms with Gasteiger partial charge in [0.15, 0.2) is 0 Å². The number of nitrogens with one attached hydrogen (secondary N) is 1. The van der Waals surface area contributed by atoms with Crippen LogP contribution in [-0.2, 0) is 4.79 Å². The molecule has 0 saturated carbocycles. The number of hydrogen-bond donors (Lipinski definition) is 2. The van der Waals surface area contributed by atoms with Crippen LogP contribution in [0, 0.1) is 11.3 Å². The summed E-state index contributed by atoms with van der Waals surface area (Å²) in [5.41, 5.74) is 7.67. The summed E-state index contributed by atoms with van der Waals surface area (Å²) in [4.78, 5) is 12.0. The Bertz CT molecular complexity index is 435. The SMILES string of the molecule is CC(NC(=O)CC(C)C(C)(C)C)c1cccc(N)c1. The van der Waals surface area contributed by atoms with E-state index in [1.807, 2.05) is 31.2 Å². The van der Waals surface area contributed by atoms with Crippen molar-refractivity contribution in [2.75, 3.05) is 5.73 Å². The molecule has 3 N–H and O–H groups in total. The topological polar surface area (TPSA) is 55.1 Å². The molecule has 1 rings (SSSR count). The molecule has 2 unspecified atom stereocenters. The molecule has 3 nitrogen and oxygen atoms in total. The summed E-state index contributed by atoms with van der Waals surface area (Å²) in [5.74, 6) is 0.442. The summed E-state index contributed by atoms with van der Waals surface area (Å²) < 4.78 is 0. The van der Waals surface area contributed by atoms with E-state index in [1.54, 1.807) is 0 Å². The van der Waals surface area contributed by atoms with Crippen LogP contribution < -0.4 is 11.1 Å². The monoisotopic (exact) mass is 262 g/mol. The van der Waals surface area contributed by atoms with Gasteiger partial charge in [-0.2, -0.15) is 0 Å². The van der Waals surface area contributed by atoms with Gasteiger partial charge in [-0.3, -0.25) is 4.79 Å². The minimum Gasteiger partial charge on any atom is -0.399 e. The van der Waals surface area contributed by atoms with E-state index in [9.17, 15) is 4.79 Å². The summed E-state index contributed by atoms with van der Waals surface area (Å²) in [7, 11) is 0. The summed E-state index contributed by atoms with van der Waals surface area (Å²) in [6, 6.07) is 7.63. The smallest absolute Gasteiger partial charge is 0.220 e. The molecule has 1 aromatic carbocycles. The highest BCUT2D eigenvalue weighted by atomic mass is 16.1. The fraction of sp³-hybridized carbons (Fsp3) is 0.562. The summed E-state index contributed by atoms with van der Waals surface area (Å²) in [6.07, 6.45) is 0.552. The largest absolute Gasteiger partial charge is 0.399 e. The Morgan fingerprint density at radius 1 is 1.32 bits per heavy atom. The summed E-state index contributed by atoms with van der Waals surface area (Å²) in [6.45, 7) is 10.6. The maximum Gasteiger partial charge on any atom is 0.220 e. The second kappa shape index (κ2) is 6.09. The minimum absolute atomic E-state index is 0.0110. The predicted molar refractivity (Wildman–Crippen MR) is 80.6 cm³/mol. The zero-order chi connectivity index (χ0) is 14.6. The van der Waals surface area contributed by atoms with Crippen molar-refractivity contribution in [1.82, 2.24) is 5.32 Å². The van der Waals surface area contributed by atoms with Crippen LogP contribution in [0.15, 0.2) is 24.3 Å². The van der Waals surface area contributed by atoms with Crippen molar-refractivity contribution in [3.8, 4) is 0 Å². The molecule has 1 aromatic rings. The van der Waals surface area contributed by atoms with Gasteiger partial charge in [-0.15, -0.1) is 0 Å². The highest BCUT2D eigenvalue weighted by Gasteiger charge is 2.23. The molecular formula is C16H26N2O. The maximum absolute atomic E-state index is 12.0. The molecule has 0 bridgehead atoms. The van der Waals surface area contributed by atoms with E-state index in [0.717, 1.165) is 11.3 Å². The minimum atomic E-state index is -0.0110. The van der Waals surface area contributed by atoms with Gasteiger partial charge in [0.05, 0.1) is 6.04 Å². The third kappa shape index (κ3) is 4.93. The molecule has 2 atom stereocenters. The number of carbonyl (C=O) groups is 1. The number of amides is 1. The third-order valence-electron chi connectivity index (χ3n) is 3.76. The van der Waals surface area contributed by atoms with Crippen molar-refractivity contribution in [1.29, 1.82) is 0 Å². The van der Waals surface area contributed by atoms with Crippen LogP contribution in [0.3, 0.4) is 0 Å². The number of nitrogen functional groups attached to an aromatic ring is 1. The van der Waals surface area contributed by atoms with Gasteiger partial charge < -0.3 is 11.1 Å². The van der Waals surface area contributed by atoms with E-state index in [0.29, 0.717) is 12.3 Å². The van der Waals surface area contributed by atoms with Crippen LogP contribution in [-0.4, -0.2) is 5.91 Å². The highest BCUT2D eigenvalue weighted by Crippen LogP contribution is 2.28. The van der Waals surface area contributed by atoms with Crippen molar-refractivity contribution >= 4 is 11.6 Å². The lowest BCUT2D eigenvalue weighted by molar-refractivity contribution is -0.123. The van der Waals surface area contributed by atoms with Gasteiger partial charge in [-0.25, -0.2) is 0 Å². The lowest BCUT2D eigenvalue weighted by Crippen LogP contribution is -2.31. The fourth-order valence-corrected chi connectivity index (χ4v) is 1.80. The maximum atomic E-state index is 12.0. The molecule has 0 heterocycles. The Kier molecular flexibility index (Phi) is 4.98. The average Bonchev–Trinajstić information content (AvgIpc) is 2.27. The molecule has 0 aliphatic rings. The van der Waals surface area contributed by atoms with E-state index in [2.05, 4.69) is 33.0 Å². The normalized spacial score (nSPS) is 14.8. The summed E-state index contributed by atoms with van der Waals surface area (Å²) >= 11 is 0. The molecule has 0 fully saturated rings. The van der Waals surface area contributed by atoms with E-state index in [-0.39, 0.29) is 17.4 Å². The number of nitrogens with two attached hydrogens (primary N) is 1. The third-order valence-corrected chi connectivity index (χ3v) is 3.76. The average molecular weight is 262 g/mol. The first-order chi connectivity index (χ1) is 8.70. The van der Waals surface area contributed by atoms with Crippen LogP contribution in [0.1, 0.15) is 52.6 Å². The number of anilines is 1. The first-order valence-electron chi connectivity index (χ1n) is 6.85. The molecule has 0 aliphatic heterocycles. The Morgan fingerprint density at radius 3 is 2.47 bits per heavy atom. The Balaban J connectivity index is 2.58. The zero-order valence-electron chi connectivity index (χ0n) is 12.7. The van der Waals surface area contributed by atoms with Gasteiger partial charge in [-0.1, -0.05) is 39.8 Å². The zero-order valence-corrected chi connectivity index (χ0v) is 12.7. The fourth-order valence-electron chi connectivity index (χ4n) is 1.80. The number of benzene rings is 1. The van der Waals surface area contributed by atoms with Crippen molar-refractivity contribution in [3.63, 3.8) is 0 Å². The van der Waals surface area contributed by atoms with Gasteiger partial charge in [0.25, 0.3) is 0 Å². The Morgan fingerprint density at radius 2 is 1.95 bits per heavy atom. The molecular weight excluding hydrogens is 236 g/mol. The molecule has 0 aliphatic carbocycles. The Hall–Kier alpha value is -1.51. The second-order valence-corrected chi connectivity index (χ2v) is 6.43. The van der Waals surface area contributed by atoms with Gasteiger partial charge >= 0.3 is 0 Å². The van der Waals surface area contributed by atoms with Gasteiger partial charge in [0, 0.05) is 12.1 Å². The lowest BCUT2D eigenvalue weighted by Gasteiger charge is -2.27. The van der Waals surface area contributed by atoms with Crippen LogP contribution >= 0.6 is 0 Å². The van der Waals surface area contributed by atoms with Crippen LogP contribution in [0.2, 0.25) is 0 Å². The molecule has 0 aromatic heterocycles.